The number of carbonyl (C=O) groups excluding carboxylic acids is 1. The minimum atomic E-state index is -0.0161. The fourth-order valence-electron chi connectivity index (χ4n) is 2.22. The van der Waals surface area contributed by atoms with Crippen LogP contribution in [0.15, 0.2) is 36.4 Å². The van der Waals surface area contributed by atoms with Crippen molar-refractivity contribution in [2.45, 2.75) is 19.4 Å². The van der Waals surface area contributed by atoms with Crippen LogP contribution in [0.1, 0.15) is 20.1 Å². The van der Waals surface area contributed by atoms with Crippen molar-refractivity contribution in [2.24, 2.45) is 0 Å². The largest absolute Gasteiger partial charge is 0.488 e. The Kier molecular flexibility index (Phi) is 3.25. The molecule has 0 radical (unpaired) electrons. The molecule has 1 atom stereocenters. The first-order valence-corrected chi connectivity index (χ1v) is 7.13. The number of benzene rings is 1. The molecule has 4 heteroatoms. The highest BCUT2D eigenvalue weighted by atomic mass is 32.1. The fraction of sp³-hybridized carbons (Fsp3) is 0.267. The van der Waals surface area contributed by atoms with Crippen LogP contribution < -0.4 is 10.1 Å². The number of nitrogens with one attached hydrogen (secondary N) is 1. The molecule has 0 unspecified atom stereocenters. The molecule has 2 heterocycles. The molecule has 0 saturated heterocycles. The van der Waals surface area contributed by atoms with Gasteiger partial charge in [-0.25, -0.2) is 0 Å². The number of hydrogen-bond acceptors (Lipinski definition) is 3. The van der Waals surface area contributed by atoms with Crippen molar-refractivity contribution in [3.63, 3.8) is 0 Å². The van der Waals surface area contributed by atoms with Gasteiger partial charge >= 0.3 is 0 Å². The standard InChI is InChI=1S/C15H15NO2S/c1-10-6-7-14(19-10)15(17)16-9-12-8-11-4-2-3-5-13(11)18-12/h2-7,12H,8-9H2,1H3,(H,16,17)/t12-/m1/s1. The van der Waals surface area contributed by atoms with Gasteiger partial charge in [-0.05, 0) is 30.7 Å². The minimum Gasteiger partial charge on any atom is -0.488 e. The van der Waals surface area contributed by atoms with Crippen LogP contribution in [0.4, 0.5) is 0 Å². The molecule has 1 aromatic carbocycles. The van der Waals surface area contributed by atoms with Gasteiger partial charge in [0.15, 0.2) is 0 Å². The Bertz CT molecular complexity index is 581. The molecule has 0 saturated carbocycles. The van der Waals surface area contributed by atoms with E-state index in [0.717, 1.165) is 21.9 Å². The summed E-state index contributed by atoms with van der Waals surface area (Å²) in [5.74, 6) is 0.923. The Morgan fingerprint density at radius 1 is 1.37 bits per heavy atom. The van der Waals surface area contributed by atoms with Crippen LogP contribution >= 0.6 is 11.3 Å². The molecule has 0 bridgehead atoms. The van der Waals surface area contributed by atoms with Crippen molar-refractivity contribution in [1.82, 2.24) is 5.32 Å². The number of hydrogen-bond donors (Lipinski definition) is 1. The first-order valence-electron chi connectivity index (χ1n) is 6.31. The van der Waals surface area contributed by atoms with Gasteiger partial charge in [-0.2, -0.15) is 0 Å². The molecule has 98 valence electrons. The predicted octanol–water partition coefficient (Wildman–Crippen LogP) is 2.79. The Morgan fingerprint density at radius 2 is 2.21 bits per heavy atom. The van der Waals surface area contributed by atoms with Crippen LogP contribution in [0.3, 0.4) is 0 Å². The summed E-state index contributed by atoms with van der Waals surface area (Å²) in [6.45, 7) is 2.54. The molecule has 1 aliphatic rings. The smallest absolute Gasteiger partial charge is 0.261 e. The Balaban J connectivity index is 1.56. The fourth-order valence-corrected chi connectivity index (χ4v) is 3.00. The summed E-state index contributed by atoms with van der Waals surface area (Å²) in [6, 6.07) is 11.8. The molecular weight excluding hydrogens is 258 g/mol. The number of amides is 1. The number of para-hydroxylation sites is 1. The first-order chi connectivity index (χ1) is 9.22. The zero-order valence-corrected chi connectivity index (χ0v) is 11.5. The van der Waals surface area contributed by atoms with Crippen LogP contribution in [-0.4, -0.2) is 18.6 Å². The third-order valence-electron chi connectivity index (χ3n) is 3.17. The number of aryl methyl sites for hydroxylation is 1. The molecule has 1 aliphatic heterocycles. The molecule has 0 aliphatic carbocycles. The maximum absolute atomic E-state index is 11.9. The summed E-state index contributed by atoms with van der Waals surface area (Å²) in [7, 11) is 0. The van der Waals surface area contributed by atoms with Crippen LogP contribution in [0.25, 0.3) is 0 Å². The van der Waals surface area contributed by atoms with E-state index in [2.05, 4.69) is 11.4 Å². The van der Waals surface area contributed by atoms with E-state index in [1.54, 1.807) is 0 Å². The van der Waals surface area contributed by atoms with Gasteiger partial charge in [0, 0.05) is 11.3 Å². The second-order valence-electron chi connectivity index (χ2n) is 4.67. The van der Waals surface area contributed by atoms with Gasteiger partial charge < -0.3 is 10.1 Å². The van der Waals surface area contributed by atoms with E-state index < -0.39 is 0 Å². The Hall–Kier alpha value is -1.81. The lowest BCUT2D eigenvalue weighted by Crippen LogP contribution is -2.34. The second kappa shape index (κ2) is 5.05. The van der Waals surface area contributed by atoms with Crippen molar-refractivity contribution in [3.05, 3.63) is 51.7 Å². The van der Waals surface area contributed by atoms with E-state index in [-0.39, 0.29) is 12.0 Å². The normalized spacial score (nSPS) is 16.8. The molecular formula is C15H15NO2S. The van der Waals surface area contributed by atoms with Gasteiger partial charge in [0.2, 0.25) is 0 Å². The molecule has 3 nitrogen and oxygen atoms in total. The van der Waals surface area contributed by atoms with Crippen LogP contribution in [-0.2, 0) is 6.42 Å². The lowest BCUT2D eigenvalue weighted by molar-refractivity contribution is 0.0937. The molecule has 1 aromatic heterocycles. The molecule has 19 heavy (non-hydrogen) atoms. The maximum Gasteiger partial charge on any atom is 0.261 e. The third-order valence-corrected chi connectivity index (χ3v) is 4.17. The molecule has 0 fully saturated rings. The summed E-state index contributed by atoms with van der Waals surface area (Å²) in [5.41, 5.74) is 1.22. The van der Waals surface area contributed by atoms with Crippen LogP contribution in [0, 0.1) is 6.92 Å². The second-order valence-corrected chi connectivity index (χ2v) is 5.96. The monoisotopic (exact) mass is 273 g/mol. The van der Waals surface area contributed by atoms with E-state index in [9.17, 15) is 4.79 Å². The number of carbonyl (C=O) groups is 1. The van der Waals surface area contributed by atoms with Crippen LogP contribution in [0.5, 0.6) is 5.75 Å². The van der Waals surface area contributed by atoms with Gasteiger partial charge in [0.25, 0.3) is 5.91 Å². The van der Waals surface area contributed by atoms with Gasteiger partial charge in [-0.15, -0.1) is 11.3 Å². The molecule has 1 amide bonds. The summed E-state index contributed by atoms with van der Waals surface area (Å²) < 4.78 is 5.79. The van der Waals surface area contributed by atoms with Gasteiger partial charge in [-0.1, -0.05) is 18.2 Å². The number of ether oxygens (including phenoxy) is 1. The van der Waals surface area contributed by atoms with Crippen molar-refractivity contribution in [2.75, 3.05) is 6.54 Å². The SMILES string of the molecule is Cc1ccc(C(=O)NC[C@H]2Cc3ccccc3O2)s1. The highest BCUT2D eigenvalue weighted by Gasteiger charge is 2.22. The highest BCUT2D eigenvalue weighted by molar-refractivity contribution is 7.13. The summed E-state index contributed by atoms with van der Waals surface area (Å²) in [5, 5.41) is 2.94. The van der Waals surface area contributed by atoms with Gasteiger partial charge in [0.1, 0.15) is 11.9 Å². The van der Waals surface area contributed by atoms with Crippen molar-refractivity contribution >= 4 is 17.2 Å². The van der Waals surface area contributed by atoms with E-state index in [4.69, 9.17) is 4.74 Å². The van der Waals surface area contributed by atoms with E-state index in [1.807, 2.05) is 37.3 Å². The van der Waals surface area contributed by atoms with Gasteiger partial charge in [0.05, 0.1) is 11.4 Å². The molecule has 0 spiro atoms. The van der Waals surface area contributed by atoms with Crippen molar-refractivity contribution < 1.29 is 9.53 Å². The lowest BCUT2D eigenvalue weighted by Gasteiger charge is -2.11. The Morgan fingerprint density at radius 3 is 2.95 bits per heavy atom. The minimum absolute atomic E-state index is 0.0161. The summed E-state index contributed by atoms with van der Waals surface area (Å²) >= 11 is 1.51. The van der Waals surface area contributed by atoms with Crippen molar-refractivity contribution in [3.8, 4) is 5.75 Å². The lowest BCUT2D eigenvalue weighted by atomic mass is 10.1. The topological polar surface area (TPSA) is 38.3 Å². The van der Waals surface area contributed by atoms with E-state index in [0.29, 0.717) is 6.54 Å². The highest BCUT2D eigenvalue weighted by Crippen LogP contribution is 2.27. The summed E-state index contributed by atoms with van der Waals surface area (Å²) in [4.78, 5) is 13.8. The first kappa shape index (κ1) is 12.2. The number of thiophene rings is 1. The van der Waals surface area contributed by atoms with Crippen molar-refractivity contribution in [1.29, 1.82) is 0 Å². The maximum atomic E-state index is 11.9. The zero-order chi connectivity index (χ0) is 13.2. The quantitative estimate of drug-likeness (QED) is 0.934. The third kappa shape index (κ3) is 2.63. The average Bonchev–Trinajstić information content (AvgIpc) is 3.01. The van der Waals surface area contributed by atoms with Gasteiger partial charge in [-0.3, -0.25) is 4.79 Å². The predicted molar refractivity (Wildman–Crippen MR) is 76.0 cm³/mol. The average molecular weight is 273 g/mol. The molecule has 2 aromatic rings. The zero-order valence-electron chi connectivity index (χ0n) is 10.7. The molecule has 3 rings (SSSR count). The Labute approximate surface area is 116 Å². The van der Waals surface area contributed by atoms with E-state index >= 15 is 0 Å². The summed E-state index contributed by atoms with van der Waals surface area (Å²) in [6.07, 6.45) is 0.905. The van der Waals surface area contributed by atoms with E-state index in [1.165, 1.54) is 16.9 Å². The van der Waals surface area contributed by atoms with Crippen LogP contribution in [0.2, 0.25) is 0 Å². The number of fused-ring (bicyclic) bond motifs is 1. The molecule has 1 N–H and O–H groups in total. The number of rotatable bonds is 3.